The molecule has 0 radical (unpaired) electrons. The van der Waals surface area contributed by atoms with Gasteiger partial charge in [-0.15, -0.1) is 0 Å². The Hall–Kier alpha value is -0.820. The van der Waals surface area contributed by atoms with Gasteiger partial charge in [0.05, 0.1) is 12.5 Å². The van der Waals surface area contributed by atoms with Crippen LogP contribution in [0.5, 0.6) is 0 Å². The zero-order valence-corrected chi connectivity index (χ0v) is 11.4. The highest BCUT2D eigenvalue weighted by molar-refractivity contribution is 5.78. The summed E-state index contributed by atoms with van der Waals surface area (Å²) in [5.41, 5.74) is 0. The molecule has 0 aromatic rings. The third-order valence-corrected chi connectivity index (χ3v) is 4.22. The number of amides is 1. The van der Waals surface area contributed by atoms with Gasteiger partial charge in [-0.3, -0.25) is 9.69 Å². The summed E-state index contributed by atoms with van der Waals surface area (Å²) in [7, 11) is 0. The lowest BCUT2D eigenvalue weighted by molar-refractivity contribution is -0.188. The summed E-state index contributed by atoms with van der Waals surface area (Å²) in [6, 6.07) is 0. The Balaban J connectivity index is 1.83. The molecule has 2 aliphatic rings. The fourth-order valence-corrected chi connectivity index (χ4v) is 2.97. The van der Waals surface area contributed by atoms with Crippen molar-refractivity contribution >= 4 is 5.91 Å². The van der Waals surface area contributed by atoms with Crippen LogP contribution in [0.15, 0.2) is 0 Å². The average molecular weight is 294 g/mol. The standard InChI is InChI=1S/C13H21F3N2O2/c14-13(15,16)11-2-1-4-18(7-11)12(20)8-17-5-3-10(6-17)9-19/h10-11,19H,1-9H2. The normalized spacial score (nSPS) is 28.9. The molecule has 0 bridgehead atoms. The number of carbonyl (C=O) groups is 1. The first-order chi connectivity index (χ1) is 9.40. The van der Waals surface area contributed by atoms with E-state index >= 15 is 0 Å². The first kappa shape index (κ1) is 15.6. The molecule has 7 heteroatoms. The van der Waals surface area contributed by atoms with Gasteiger partial charge in [0.2, 0.25) is 5.91 Å². The van der Waals surface area contributed by atoms with Crippen LogP contribution in [-0.4, -0.2) is 66.3 Å². The molecule has 116 valence electrons. The van der Waals surface area contributed by atoms with Gasteiger partial charge in [0, 0.05) is 26.2 Å². The minimum Gasteiger partial charge on any atom is -0.396 e. The van der Waals surface area contributed by atoms with Crippen molar-refractivity contribution in [1.29, 1.82) is 0 Å². The number of piperidine rings is 1. The van der Waals surface area contributed by atoms with Crippen LogP contribution in [0.3, 0.4) is 0 Å². The van der Waals surface area contributed by atoms with Gasteiger partial charge in [-0.25, -0.2) is 0 Å². The number of carbonyl (C=O) groups excluding carboxylic acids is 1. The Morgan fingerprint density at radius 2 is 1.95 bits per heavy atom. The van der Waals surface area contributed by atoms with Crippen molar-refractivity contribution in [2.45, 2.75) is 25.4 Å². The van der Waals surface area contributed by atoms with E-state index in [4.69, 9.17) is 5.11 Å². The maximum Gasteiger partial charge on any atom is 0.393 e. The highest BCUT2D eigenvalue weighted by atomic mass is 19.4. The number of rotatable bonds is 3. The fourth-order valence-electron chi connectivity index (χ4n) is 2.97. The molecule has 20 heavy (non-hydrogen) atoms. The van der Waals surface area contributed by atoms with E-state index in [-0.39, 0.29) is 37.9 Å². The third-order valence-electron chi connectivity index (χ3n) is 4.22. The molecule has 4 nitrogen and oxygen atoms in total. The first-order valence-corrected chi connectivity index (χ1v) is 7.08. The molecule has 0 aromatic heterocycles. The molecule has 2 saturated heterocycles. The van der Waals surface area contributed by atoms with Gasteiger partial charge in [-0.2, -0.15) is 13.2 Å². The summed E-state index contributed by atoms with van der Waals surface area (Å²) in [5, 5.41) is 9.04. The van der Waals surface area contributed by atoms with E-state index < -0.39 is 12.1 Å². The van der Waals surface area contributed by atoms with Crippen molar-refractivity contribution in [1.82, 2.24) is 9.80 Å². The van der Waals surface area contributed by atoms with Crippen molar-refractivity contribution < 1.29 is 23.1 Å². The number of hydrogen-bond donors (Lipinski definition) is 1. The van der Waals surface area contributed by atoms with Gasteiger partial charge in [-0.05, 0) is 31.7 Å². The van der Waals surface area contributed by atoms with E-state index in [1.54, 1.807) is 0 Å². The number of hydrogen-bond acceptors (Lipinski definition) is 3. The van der Waals surface area contributed by atoms with Gasteiger partial charge >= 0.3 is 6.18 Å². The molecule has 2 rings (SSSR count). The van der Waals surface area contributed by atoms with Crippen molar-refractivity contribution in [2.75, 3.05) is 39.3 Å². The number of aliphatic hydroxyl groups excluding tert-OH is 1. The third kappa shape index (κ3) is 3.85. The molecule has 0 aliphatic carbocycles. The second-order valence-electron chi connectivity index (χ2n) is 5.79. The highest BCUT2D eigenvalue weighted by Gasteiger charge is 2.42. The van der Waals surface area contributed by atoms with Gasteiger partial charge in [0.25, 0.3) is 0 Å². The largest absolute Gasteiger partial charge is 0.396 e. The Labute approximate surface area is 116 Å². The van der Waals surface area contributed by atoms with E-state index in [0.717, 1.165) is 13.0 Å². The molecule has 2 heterocycles. The highest BCUT2D eigenvalue weighted by Crippen LogP contribution is 2.33. The molecule has 0 saturated carbocycles. The number of aliphatic hydroxyl groups is 1. The molecule has 2 atom stereocenters. The van der Waals surface area contributed by atoms with Gasteiger partial charge in [-0.1, -0.05) is 0 Å². The summed E-state index contributed by atoms with van der Waals surface area (Å²) in [6.07, 6.45) is -2.84. The van der Waals surface area contributed by atoms with Gasteiger partial charge in [0.15, 0.2) is 0 Å². The second kappa shape index (κ2) is 6.30. The van der Waals surface area contributed by atoms with E-state index in [1.165, 1.54) is 4.90 Å². The molecular formula is C13H21F3N2O2. The average Bonchev–Trinajstić information content (AvgIpc) is 2.85. The van der Waals surface area contributed by atoms with E-state index in [0.29, 0.717) is 19.5 Å². The summed E-state index contributed by atoms with van der Waals surface area (Å²) >= 11 is 0. The molecule has 1 N–H and O–H groups in total. The SMILES string of the molecule is O=C(CN1CCC(CO)C1)N1CCCC(C(F)(F)F)C1. The summed E-state index contributed by atoms with van der Waals surface area (Å²) in [4.78, 5) is 15.3. The minimum absolute atomic E-state index is 0.102. The fraction of sp³-hybridized carbons (Fsp3) is 0.923. The number of halogens is 3. The van der Waals surface area contributed by atoms with Gasteiger partial charge in [0.1, 0.15) is 0 Å². The zero-order chi connectivity index (χ0) is 14.8. The van der Waals surface area contributed by atoms with E-state index in [9.17, 15) is 18.0 Å². The minimum atomic E-state index is -4.21. The molecule has 2 aliphatic heterocycles. The number of likely N-dealkylation sites (tertiary alicyclic amines) is 2. The van der Waals surface area contributed by atoms with Crippen LogP contribution in [0.2, 0.25) is 0 Å². The van der Waals surface area contributed by atoms with Crippen LogP contribution in [0, 0.1) is 11.8 Å². The van der Waals surface area contributed by atoms with Crippen molar-refractivity contribution in [3.05, 3.63) is 0 Å². The van der Waals surface area contributed by atoms with Crippen LogP contribution in [-0.2, 0) is 4.79 Å². The lowest BCUT2D eigenvalue weighted by atomic mass is 9.97. The molecule has 2 fully saturated rings. The van der Waals surface area contributed by atoms with Gasteiger partial charge < -0.3 is 10.0 Å². The second-order valence-corrected chi connectivity index (χ2v) is 5.79. The Morgan fingerprint density at radius 1 is 1.20 bits per heavy atom. The molecule has 0 aromatic carbocycles. The van der Waals surface area contributed by atoms with Crippen molar-refractivity contribution in [3.8, 4) is 0 Å². The number of alkyl halides is 3. The summed E-state index contributed by atoms with van der Waals surface area (Å²) < 4.78 is 38.1. The molecule has 1 amide bonds. The molecule has 2 unspecified atom stereocenters. The summed E-state index contributed by atoms with van der Waals surface area (Å²) in [5.74, 6) is -1.42. The topological polar surface area (TPSA) is 43.8 Å². The maximum atomic E-state index is 12.7. The van der Waals surface area contributed by atoms with Crippen LogP contribution < -0.4 is 0 Å². The van der Waals surface area contributed by atoms with Crippen LogP contribution >= 0.6 is 0 Å². The first-order valence-electron chi connectivity index (χ1n) is 7.08. The number of nitrogens with zero attached hydrogens (tertiary/aromatic N) is 2. The van der Waals surface area contributed by atoms with Crippen molar-refractivity contribution in [2.24, 2.45) is 11.8 Å². The Bertz CT molecular complexity index is 349. The van der Waals surface area contributed by atoms with E-state index in [2.05, 4.69) is 0 Å². The van der Waals surface area contributed by atoms with Crippen LogP contribution in [0.4, 0.5) is 13.2 Å². The maximum absolute atomic E-state index is 12.7. The quantitative estimate of drug-likeness (QED) is 0.848. The molecular weight excluding hydrogens is 273 g/mol. The predicted molar refractivity (Wildman–Crippen MR) is 67.0 cm³/mol. The predicted octanol–water partition coefficient (Wildman–Crippen LogP) is 1.10. The Kier molecular flexibility index (Phi) is 4.90. The zero-order valence-electron chi connectivity index (χ0n) is 11.4. The lowest BCUT2D eigenvalue weighted by Gasteiger charge is -2.34. The smallest absolute Gasteiger partial charge is 0.393 e. The summed E-state index contributed by atoms with van der Waals surface area (Å²) in [6.45, 7) is 1.86. The van der Waals surface area contributed by atoms with Crippen LogP contribution in [0.25, 0.3) is 0 Å². The molecule has 0 spiro atoms. The van der Waals surface area contributed by atoms with Crippen LogP contribution in [0.1, 0.15) is 19.3 Å². The van der Waals surface area contributed by atoms with E-state index in [1.807, 2.05) is 4.90 Å². The monoisotopic (exact) mass is 294 g/mol. The Morgan fingerprint density at radius 3 is 2.55 bits per heavy atom. The van der Waals surface area contributed by atoms with Crippen molar-refractivity contribution in [3.63, 3.8) is 0 Å². The lowest BCUT2D eigenvalue weighted by Crippen LogP contribution is -2.47.